The molecule has 2 heterocycles. The topological polar surface area (TPSA) is 104 Å². The Labute approximate surface area is 230 Å². The molecule has 0 spiro atoms. The van der Waals surface area contributed by atoms with Gasteiger partial charge in [0, 0.05) is 44.0 Å². The number of carboxylic acid groups (broad SMARTS) is 1. The van der Waals surface area contributed by atoms with Crippen LogP contribution in [0.3, 0.4) is 0 Å². The Hall–Kier alpha value is -2.57. The van der Waals surface area contributed by atoms with Crippen molar-refractivity contribution in [3.63, 3.8) is 0 Å². The second-order valence-corrected chi connectivity index (χ2v) is 11.5. The van der Waals surface area contributed by atoms with Crippen molar-refractivity contribution in [3.05, 3.63) is 48.3 Å². The van der Waals surface area contributed by atoms with Gasteiger partial charge in [-0.25, -0.2) is 9.78 Å². The highest BCUT2D eigenvalue weighted by molar-refractivity contribution is 7.99. The van der Waals surface area contributed by atoms with Gasteiger partial charge in [-0.15, -0.1) is 0 Å². The summed E-state index contributed by atoms with van der Waals surface area (Å²) in [6, 6.07) is 9.39. The number of halogens is 3. The second-order valence-electron chi connectivity index (χ2n) is 10.5. The molecule has 39 heavy (non-hydrogen) atoms. The van der Waals surface area contributed by atoms with Gasteiger partial charge in [-0.1, -0.05) is 54.9 Å². The van der Waals surface area contributed by atoms with Crippen molar-refractivity contribution in [3.8, 4) is 0 Å². The van der Waals surface area contributed by atoms with E-state index >= 15 is 0 Å². The van der Waals surface area contributed by atoms with Gasteiger partial charge in [0.15, 0.2) is 16.9 Å². The number of benzene rings is 1. The normalized spacial score (nSPS) is 23.1. The first kappa shape index (κ1) is 31.0. The Bertz CT molecular complexity index is 1090. The summed E-state index contributed by atoms with van der Waals surface area (Å²) in [4.78, 5) is 26.5. The third-order valence-corrected chi connectivity index (χ3v) is 8.61. The SMILES string of the molecule is Cn1ccnc1SCCC[N+]1(C)CCC(OC(=O)C(O)(c2ccccc2)C2CCCC2)C1.O=C([O-])C(F)(F)F. The molecule has 1 saturated carbocycles. The Morgan fingerprint density at radius 3 is 2.41 bits per heavy atom. The molecule has 0 amide bonds. The quantitative estimate of drug-likeness (QED) is 0.214. The van der Waals surface area contributed by atoms with E-state index in [-0.39, 0.29) is 12.0 Å². The number of aryl methyl sites for hydroxylation is 1. The number of nitrogens with zero attached hydrogens (tertiary/aromatic N) is 3. The number of likely N-dealkylation sites (tertiary alicyclic amines) is 1. The number of carbonyl (C=O) groups is 2. The average Bonchev–Trinajstić information content (AvgIpc) is 3.64. The number of likely N-dealkylation sites (N-methyl/N-ethyl adjacent to an activating group) is 1. The number of aliphatic carboxylic acids is 1. The molecule has 1 aromatic heterocycles. The molecule has 12 heteroatoms. The van der Waals surface area contributed by atoms with Crippen molar-refractivity contribution in [1.29, 1.82) is 0 Å². The molecule has 1 saturated heterocycles. The minimum Gasteiger partial charge on any atom is -0.542 e. The van der Waals surface area contributed by atoms with Crippen LogP contribution in [0.2, 0.25) is 0 Å². The summed E-state index contributed by atoms with van der Waals surface area (Å²) in [7, 11) is 4.27. The van der Waals surface area contributed by atoms with E-state index in [0.717, 1.165) is 73.6 Å². The Kier molecular flexibility index (Phi) is 10.5. The summed E-state index contributed by atoms with van der Waals surface area (Å²) in [5.41, 5.74) is -0.874. The molecule has 0 radical (unpaired) electrons. The summed E-state index contributed by atoms with van der Waals surface area (Å²) in [6.07, 6.45) is 4.26. The maximum Gasteiger partial charge on any atom is 0.430 e. The van der Waals surface area contributed by atoms with Crippen LogP contribution in [-0.2, 0) is 27.0 Å². The van der Waals surface area contributed by atoms with Crippen LogP contribution in [-0.4, -0.2) is 75.8 Å². The molecular weight excluding hydrogens is 535 g/mol. The third kappa shape index (κ3) is 8.21. The van der Waals surface area contributed by atoms with E-state index in [0.29, 0.717) is 5.56 Å². The smallest absolute Gasteiger partial charge is 0.430 e. The zero-order chi connectivity index (χ0) is 28.7. The molecule has 1 aromatic carbocycles. The molecule has 2 fully saturated rings. The highest BCUT2D eigenvalue weighted by Gasteiger charge is 2.49. The number of hydrogen-bond donors (Lipinski definition) is 1. The molecule has 1 aliphatic heterocycles. The van der Waals surface area contributed by atoms with Gasteiger partial charge in [0.25, 0.3) is 0 Å². The van der Waals surface area contributed by atoms with E-state index in [1.165, 1.54) is 0 Å². The Morgan fingerprint density at radius 1 is 1.21 bits per heavy atom. The zero-order valence-corrected chi connectivity index (χ0v) is 23.0. The van der Waals surface area contributed by atoms with Crippen molar-refractivity contribution in [2.75, 3.05) is 32.4 Å². The fraction of sp³-hybridized carbons (Fsp3) is 0.593. The van der Waals surface area contributed by atoms with E-state index in [2.05, 4.69) is 12.0 Å². The number of carboxylic acids is 1. The summed E-state index contributed by atoms with van der Waals surface area (Å²) in [5, 5.41) is 21.5. The number of esters is 1. The number of aliphatic hydroxyl groups is 1. The van der Waals surface area contributed by atoms with Gasteiger partial charge in [0.1, 0.15) is 12.5 Å². The first-order chi connectivity index (χ1) is 18.3. The Balaban J connectivity index is 0.000000532. The molecule has 8 nitrogen and oxygen atoms in total. The van der Waals surface area contributed by atoms with E-state index in [1.54, 1.807) is 11.8 Å². The fourth-order valence-corrected chi connectivity index (χ4v) is 6.18. The van der Waals surface area contributed by atoms with Crippen LogP contribution in [0.1, 0.15) is 44.1 Å². The van der Waals surface area contributed by atoms with Crippen molar-refractivity contribution < 1.29 is 42.2 Å². The zero-order valence-electron chi connectivity index (χ0n) is 22.2. The lowest BCUT2D eigenvalue weighted by molar-refractivity contribution is -0.898. The van der Waals surface area contributed by atoms with Crippen molar-refractivity contribution >= 4 is 23.7 Å². The van der Waals surface area contributed by atoms with Crippen LogP contribution in [0.4, 0.5) is 13.2 Å². The number of imidazole rings is 1. The number of aromatic nitrogens is 2. The monoisotopic (exact) mass is 571 g/mol. The van der Waals surface area contributed by atoms with Gasteiger partial charge in [0.2, 0.25) is 0 Å². The van der Waals surface area contributed by atoms with E-state index in [4.69, 9.17) is 14.6 Å². The lowest BCUT2D eigenvalue weighted by Gasteiger charge is -2.33. The first-order valence-corrected chi connectivity index (χ1v) is 14.0. The van der Waals surface area contributed by atoms with Gasteiger partial charge in [-0.3, -0.25) is 0 Å². The van der Waals surface area contributed by atoms with E-state index < -0.39 is 23.7 Å². The first-order valence-electron chi connectivity index (χ1n) is 13.1. The second kappa shape index (κ2) is 13.2. The van der Waals surface area contributed by atoms with Crippen molar-refractivity contribution in [2.45, 2.75) is 61.6 Å². The summed E-state index contributed by atoms with van der Waals surface area (Å²) < 4.78 is 40.5. The van der Waals surface area contributed by atoms with E-state index in [9.17, 15) is 23.1 Å². The van der Waals surface area contributed by atoms with Crippen LogP contribution in [0, 0.1) is 5.92 Å². The third-order valence-electron chi connectivity index (χ3n) is 7.46. The molecular formula is C27H36F3N3O5S. The largest absolute Gasteiger partial charge is 0.542 e. The van der Waals surface area contributed by atoms with Crippen molar-refractivity contribution in [2.24, 2.45) is 13.0 Å². The van der Waals surface area contributed by atoms with Crippen molar-refractivity contribution in [1.82, 2.24) is 9.55 Å². The molecule has 0 bridgehead atoms. The van der Waals surface area contributed by atoms with Gasteiger partial charge in [-0.05, 0) is 18.4 Å². The van der Waals surface area contributed by atoms with Gasteiger partial charge < -0.3 is 28.8 Å². The molecule has 2 aromatic rings. The van der Waals surface area contributed by atoms with Crippen LogP contribution >= 0.6 is 11.8 Å². The predicted octanol–water partition coefficient (Wildman–Crippen LogP) is 3.04. The van der Waals surface area contributed by atoms with Gasteiger partial charge in [0.05, 0.1) is 20.1 Å². The molecule has 2 aliphatic rings. The van der Waals surface area contributed by atoms with Crippen LogP contribution < -0.4 is 5.11 Å². The highest BCUT2D eigenvalue weighted by Crippen LogP contribution is 2.42. The summed E-state index contributed by atoms with van der Waals surface area (Å²) in [5.74, 6) is -2.51. The van der Waals surface area contributed by atoms with Gasteiger partial charge in [-0.2, -0.15) is 13.2 Å². The van der Waals surface area contributed by atoms with E-state index in [1.807, 2.05) is 54.3 Å². The molecule has 1 aliphatic carbocycles. The highest BCUT2D eigenvalue weighted by atomic mass is 32.2. The lowest BCUT2D eigenvalue weighted by atomic mass is 9.80. The number of rotatable bonds is 9. The molecule has 1 N–H and O–H groups in total. The Morgan fingerprint density at radius 2 is 1.85 bits per heavy atom. The number of thioether (sulfide) groups is 1. The molecule has 4 rings (SSSR count). The maximum absolute atomic E-state index is 13.4. The number of carbonyl (C=O) groups excluding carboxylic acids is 2. The molecule has 216 valence electrons. The summed E-state index contributed by atoms with van der Waals surface area (Å²) in [6.45, 7) is 2.86. The fourth-order valence-electron chi connectivity index (χ4n) is 5.33. The number of ether oxygens (including phenoxy) is 1. The minimum absolute atomic E-state index is 0.0668. The number of quaternary nitrogens is 1. The summed E-state index contributed by atoms with van der Waals surface area (Å²) >= 11 is 1.79. The van der Waals surface area contributed by atoms with Crippen LogP contribution in [0.15, 0.2) is 47.9 Å². The predicted molar refractivity (Wildman–Crippen MR) is 137 cm³/mol. The van der Waals surface area contributed by atoms with Gasteiger partial charge >= 0.3 is 12.1 Å². The standard InChI is InChI=1S/C25H36N3O3S.C2HF3O2/c1-27-15-14-26-24(27)32-18-8-16-28(2)17-13-22(19-28)31-23(29)25(30,21-11-6-7-12-21)20-9-4-3-5-10-20;3-2(4,5)1(6)7/h3-5,9-10,14-15,21-22,30H,6-8,11-13,16-19H2,1-2H3;(H,6,7)/q+1;/p-1. The maximum atomic E-state index is 13.4. The minimum atomic E-state index is -5.19. The lowest BCUT2D eigenvalue weighted by Crippen LogP contribution is -2.47. The average molecular weight is 572 g/mol. The molecule has 3 unspecified atom stereocenters. The number of hydrogen-bond acceptors (Lipinski definition) is 7. The number of alkyl halides is 3. The van der Waals surface area contributed by atoms with Crippen LogP contribution in [0.5, 0.6) is 0 Å². The molecule has 3 atom stereocenters. The van der Waals surface area contributed by atoms with Crippen LogP contribution in [0.25, 0.3) is 0 Å².